The van der Waals surface area contributed by atoms with Crippen molar-refractivity contribution in [1.82, 2.24) is 0 Å². The highest BCUT2D eigenvalue weighted by atomic mass is 19.1. The van der Waals surface area contributed by atoms with E-state index in [0.29, 0.717) is 18.4 Å². The molecule has 1 N–H and O–H groups in total. The first-order valence-corrected chi connectivity index (χ1v) is 4.44. The molecule has 3 rings (SSSR count). The summed E-state index contributed by atoms with van der Waals surface area (Å²) in [6.45, 7) is 0. The van der Waals surface area contributed by atoms with Gasteiger partial charge in [0.15, 0.2) is 0 Å². The van der Waals surface area contributed by atoms with Crippen LogP contribution in [0.15, 0.2) is 12.1 Å². The van der Waals surface area contributed by atoms with Gasteiger partial charge in [0.2, 0.25) is 5.91 Å². The van der Waals surface area contributed by atoms with Gasteiger partial charge in [0, 0.05) is 6.07 Å². The number of hydrogen-bond donors (Lipinski definition) is 1. The van der Waals surface area contributed by atoms with Crippen molar-refractivity contribution in [3.8, 4) is 0 Å². The van der Waals surface area contributed by atoms with Gasteiger partial charge in [-0.3, -0.25) is 4.79 Å². The van der Waals surface area contributed by atoms with Gasteiger partial charge in [0.25, 0.3) is 0 Å². The number of hydrogen-bond acceptors (Lipinski definition) is 1. The van der Waals surface area contributed by atoms with E-state index in [1.54, 1.807) is 0 Å². The van der Waals surface area contributed by atoms with E-state index in [2.05, 4.69) is 5.32 Å². The Morgan fingerprint density at radius 3 is 2.64 bits per heavy atom. The Balaban J connectivity index is 2.28. The first-order chi connectivity index (χ1) is 6.63. The Labute approximate surface area is 78.9 Å². The number of anilines is 1. The average molecular weight is 195 g/mol. The van der Waals surface area contributed by atoms with Crippen LogP contribution in [0.4, 0.5) is 14.5 Å². The molecule has 72 valence electrons. The molecule has 1 saturated carbocycles. The third-order valence-corrected chi connectivity index (χ3v) is 2.99. The van der Waals surface area contributed by atoms with Crippen molar-refractivity contribution in [2.24, 2.45) is 0 Å². The normalized spacial score (nSPS) is 20.9. The summed E-state index contributed by atoms with van der Waals surface area (Å²) in [7, 11) is 0. The van der Waals surface area contributed by atoms with Crippen molar-refractivity contribution in [2.75, 3.05) is 5.32 Å². The molecule has 1 amide bonds. The molecule has 0 radical (unpaired) electrons. The third kappa shape index (κ3) is 0.761. The third-order valence-electron chi connectivity index (χ3n) is 2.99. The van der Waals surface area contributed by atoms with E-state index in [9.17, 15) is 13.6 Å². The van der Waals surface area contributed by atoms with Gasteiger partial charge in [-0.25, -0.2) is 8.78 Å². The molecule has 1 aromatic rings. The highest BCUT2D eigenvalue weighted by molar-refractivity contribution is 6.08. The fraction of sp³-hybridized carbons (Fsp3) is 0.300. The molecule has 1 aromatic carbocycles. The number of carbonyl (C=O) groups is 1. The molecule has 2 nitrogen and oxygen atoms in total. The molecule has 1 heterocycles. The number of halogens is 2. The van der Waals surface area contributed by atoms with Crippen LogP contribution >= 0.6 is 0 Å². The summed E-state index contributed by atoms with van der Waals surface area (Å²) in [5, 5.41) is 2.47. The first kappa shape index (κ1) is 7.91. The predicted octanol–water partition coefficient (Wildman–Crippen LogP) is 1.95. The standard InChI is InChI=1S/C10H7F2NO/c11-5-3-6-8(7(12)4-5)13-9(14)10(6)1-2-10/h3-4H,1-2H2,(H,13,14). The van der Waals surface area contributed by atoms with E-state index >= 15 is 0 Å². The van der Waals surface area contributed by atoms with Crippen LogP contribution in [0.25, 0.3) is 0 Å². The molecule has 0 saturated heterocycles. The van der Waals surface area contributed by atoms with Gasteiger partial charge in [-0.2, -0.15) is 0 Å². The van der Waals surface area contributed by atoms with Crippen molar-refractivity contribution < 1.29 is 13.6 Å². The maximum atomic E-state index is 13.2. The average Bonchev–Trinajstić information content (AvgIpc) is 2.84. The van der Waals surface area contributed by atoms with E-state index in [1.807, 2.05) is 0 Å². The first-order valence-electron chi connectivity index (χ1n) is 4.44. The minimum atomic E-state index is -0.683. The molecule has 0 atom stereocenters. The number of fused-ring (bicyclic) bond motifs is 2. The Kier molecular flexibility index (Phi) is 1.20. The zero-order valence-corrected chi connectivity index (χ0v) is 7.23. The van der Waals surface area contributed by atoms with E-state index in [4.69, 9.17) is 0 Å². The van der Waals surface area contributed by atoms with Gasteiger partial charge in [0.1, 0.15) is 11.6 Å². The van der Waals surface area contributed by atoms with Gasteiger partial charge < -0.3 is 5.32 Å². The Morgan fingerprint density at radius 1 is 1.29 bits per heavy atom. The minimum absolute atomic E-state index is 0.161. The lowest BCUT2D eigenvalue weighted by molar-refractivity contribution is -0.117. The summed E-state index contributed by atoms with van der Waals surface area (Å²) < 4.78 is 26.2. The topological polar surface area (TPSA) is 29.1 Å². The summed E-state index contributed by atoms with van der Waals surface area (Å²) in [4.78, 5) is 11.5. The Morgan fingerprint density at radius 2 is 2.00 bits per heavy atom. The maximum absolute atomic E-state index is 13.2. The second-order valence-electron chi connectivity index (χ2n) is 3.85. The van der Waals surface area contributed by atoms with E-state index < -0.39 is 17.0 Å². The summed E-state index contributed by atoms with van der Waals surface area (Å²) in [5.41, 5.74) is 0.0343. The van der Waals surface area contributed by atoms with Crippen LogP contribution in [0.3, 0.4) is 0 Å². The van der Waals surface area contributed by atoms with Crippen LogP contribution in [0.2, 0.25) is 0 Å². The molecule has 1 spiro atoms. The van der Waals surface area contributed by atoms with Gasteiger partial charge >= 0.3 is 0 Å². The molecule has 0 unspecified atom stereocenters. The molecular formula is C10H7F2NO. The fourth-order valence-electron chi connectivity index (χ4n) is 2.05. The van der Waals surface area contributed by atoms with Crippen LogP contribution in [-0.2, 0) is 10.2 Å². The highest BCUT2D eigenvalue weighted by Gasteiger charge is 2.57. The van der Waals surface area contributed by atoms with Crippen molar-refractivity contribution in [2.45, 2.75) is 18.3 Å². The van der Waals surface area contributed by atoms with Crippen molar-refractivity contribution in [3.05, 3.63) is 29.3 Å². The van der Waals surface area contributed by atoms with Gasteiger partial charge in [-0.15, -0.1) is 0 Å². The number of amides is 1. The summed E-state index contributed by atoms with van der Waals surface area (Å²) in [5.74, 6) is -1.50. The predicted molar refractivity (Wildman–Crippen MR) is 45.9 cm³/mol. The summed E-state index contributed by atoms with van der Waals surface area (Å²) in [6.07, 6.45) is 1.38. The molecule has 0 aromatic heterocycles. The highest BCUT2D eigenvalue weighted by Crippen LogP contribution is 2.55. The second-order valence-corrected chi connectivity index (χ2v) is 3.85. The summed E-state index contributed by atoms with van der Waals surface area (Å²) in [6, 6.07) is 2.05. The van der Waals surface area contributed by atoms with Crippen molar-refractivity contribution in [1.29, 1.82) is 0 Å². The lowest BCUT2D eigenvalue weighted by Gasteiger charge is -2.03. The molecule has 14 heavy (non-hydrogen) atoms. The largest absolute Gasteiger partial charge is 0.323 e. The SMILES string of the molecule is O=C1Nc2c(F)cc(F)cc2C12CC2. The quantitative estimate of drug-likeness (QED) is 0.673. The van der Waals surface area contributed by atoms with Gasteiger partial charge in [-0.1, -0.05) is 0 Å². The van der Waals surface area contributed by atoms with E-state index in [-0.39, 0.29) is 11.6 Å². The monoisotopic (exact) mass is 195 g/mol. The minimum Gasteiger partial charge on any atom is -0.323 e. The molecule has 1 aliphatic carbocycles. The van der Waals surface area contributed by atoms with E-state index in [0.717, 1.165) is 6.07 Å². The molecule has 2 aliphatic rings. The fourth-order valence-corrected chi connectivity index (χ4v) is 2.05. The second kappa shape index (κ2) is 2.13. The zero-order valence-electron chi connectivity index (χ0n) is 7.23. The molecule has 1 fully saturated rings. The number of benzene rings is 1. The number of carbonyl (C=O) groups excluding carboxylic acids is 1. The molecule has 4 heteroatoms. The van der Waals surface area contributed by atoms with Crippen LogP contribution in [0, 0.1) is 11.6 Å². The Bertz CT molecular complexity index is 452. The zero-order chi connectivity index (χ0) is 9.92. The van der Waals surface area contributed by atoms with Crippen molar-refractivity contribution >= 4 is 11.6 Å². The van der Waals surface area contributed by atoms with Gasteiger partial charge in [0.05, 0.1) is 11.1 Å². The smallest absolute Gasteiger partial charge is 0.235 e. The molecule has 0 bridgehead atoms. The van der Waals surface area contributed by atoms with Gasteiger partial charge in [-0.05, 0) is 24.5 Å². The van der Waals surface area contributed by atoms with Crippen molar-refractivity contribution in [3.63, 3.8) is 0 Å². The maximum Gasteiger partial charge on any atom is 0.235 e. The van der Waals surface area contributed by atoms with E-state index in [1.165, 1.54) is 6.07 Å². The summed E-state index contributed by atoms with van der Waals surface area (Å²) >= 11 is 0. The van der Waals surface area contributed by atoms with Crippen LogP contribution in [-0.4, -0.2) is 5.91 Å². The van der Waals surface area contributed by atoms with Crippen LogP contribution in [0.1, 0.15) is 18.4 Å². The molecular weight excluding hydrogens is 188 g/mol. The van der Waals surface area contributed by atoms with Crippen LogP contribution in [0.5, 0.6) is 0 Å². The number of rotatable bonds is 0. The lowest BCUT2D eigenvalue weighted by atomic mass is 9.98. The number of nitrogens with one attached hydrogen (secondary N) is 1. The van der Waals surface area contributed by atoms with Crippen LogP contribution < -0.4 is 5.32 Å². The Hall–Kier alpha value is -1.45. The molecule has 1 aliphatic heterocycles. The lowest BCUT2D eigenvalue weighted by Crippen LogP contribution is -2.18.